The second-order valence-electron chi connectivity index (χ2n) is 6.05. The second kappa shape index (κ2) is 8.57. The molecule has 3 atom stereocenters. The van der Waals surface area contributed by atoms with Gasteiger partial charge < -0.3 is 25.6 Å². The number of aliphatic hydroxyl groups excluding tert-OH is 1. The molecule has 0 aliphatic carbocycles. The van der Waals surface area contributed by atoms with Gasteiger partial charge in [-0.3, -0.25) is 9.59 Å². The first kappa shape index (κ1) is 20.2. The van der Waals surface area contributed by atoms with Crippen molar-refractivity contribution in [2.45, 2.75) is 71.2 Å². The zero-order valence-corrected chi connectivity index (χ0v) is 13.7. The van der Waals surface area contributed by atoms with Crippen LogP contribution in [0.15, 0.2) is 0 Å². The lowest BCUT2D eigenvalue weighted by Gasteiger charge is -2.26. The molecule has 0 saturated heterocycles. The fourth-order valence-electron chi connectivity index (χ4n) is 1.62. The largest absolute Gasteiger partial charge is 0.480 e. The molecule has 0 bridgehead atoms. The number of carbonyl (C=O) groups is 3. The third-order valence-corrected chi connectivity index (χ3v) is 2.68. The van der Waals surface area contributed by atoms with E-state index in [-0.39, 0.29) is 0 Å². The van der Waals surface area contributed by atoms with Crippen molar-refractivity contribution < 1.29 is 29.3 Å². The quantitative estimate of drug-likeness (QED) is 0.545. The normalized spacial score (nSPS) is 15.4. The van der Waals surface area contributed by atoms with Gasteiger partial charge in [-0.2, -0.15) is 0 Å². The highest BCUT2D eigenvalue weighted by Gasteiger charge is 2.30. The average Bonchev–Trinajstić information content (AvgIpc) is 2.34. The zero-order chi connectivity index (χ0) is 17.5. The number of hydrogen-bond acceptors (Lipinski definition) is 5. The molecule has 0 rings (SSSR count). The van der Waals surface area contributed by atoms with Crippen molar-refractivity contribution in [3.8, 4) is 0 Å². The molecular weight excluding hydrogens is 292 g/mol. The van der Waals surface area contributed by atoms with Crippen LogP contribution in [0.3, 0.4) is 0 Å². The first-order valence-corrected chi connectivity index (χ1v) is 7.18. The van der Waals surface area contributed by atoms with E-state index in [1.54, 1.807) is 20.8 Å². The highest BCUT2D eigenvalue weighted by molar-refractivity contribution is 5.86. The Bertz CT molecular complexity index is 405. The molecule has 0 saturated carbocycles. The van der Waals surface area contributed by atoms with Gasteiger partial charge in [0.1, 0.15) is 11.6 Å². The molecule has 0 aromatic heterocycles. The Morgan fingerprint density at radius 3 is 2.14 bits per heavy atom. The number of amides is 2. The van der Waals surface area contributed by atoms with Gasteiger partial charge in [0.05, 0.1) is 6.04 Å². The molecule has 8 nitrogen and oxygen atoms in total. The molecule has 0 heterocycles. The van der Waals surface area contributed by atoms with Crippen molar-refractivity contribution in [2.75, 3.05) is 0 Å². The summed E-state index contributed by atoms with van der Waals surface area (Å²) in [5.74, 6) is -2.07. The summed E-state index contributed by atoms with van der Waals surface area (Å²) >= 11 is 0. The van der Waals surface area contributed by atoms with E-state index in [0.717, 1.165) is 0 Å². The summed E-state index contributed by atoms with van der Waals surface area (Å²) in [7, 11) is 0. The summed E-state index contributed by atoms with van der Waals surface area (Å²) in [5, 5.41) is 23.3. The lowest BCUT2D eigenvalue weighted by molar-refractivity contribution is -0.143. The van der Waals surface area contributed by atoms with Gasteiger partial charge in [0.15, 0.2) is 6.10 Å². The Kier molecular flexibility index (Phi) is 7.86. The Morgan fingerprint density at radius 2 is 1.73 bits per heavy atom. The van der Waals surface area contributed by atoms with Crippen molar-refractivity contribution in [1.82, 2.24) is 10.6 Å². The van der Waals surface area contributed by atoms with Gasteiger partial charge in [0, 0.05) is 0 Å². The van der Waals surface area contributed by atoms with Crippen molar-refractivity contribution in [3.63, 3.8) is 0 Å². The van der Waals surface area contributed by atoms with Crippen molar-refractivity contribution in [1.29, 1.82) is 0 Å². The van der Waals surface area contributed by atoms with E-state index in [0.29, 0.717) is 12.8 Å². The van der Waals surface area contributed by atoms with E-state index in [2.05, 4.69) is 10.6 Å². The van der Waals surface area contributed by atoms with Crippen LogP contribution in [0.2, 0.25) is 0 Å². The first-order chi connectivity index (χ1) is 9.97. The van der Waals surface area contributed by atoms with Crippen molar-refractivity contribution in [3.05, 3.63) is 0 Å². The van der Waals surface area contributed by atoms with E-state index in [1.165, 1.54) is 6.92 Å². The molecular formula is C14H26N2O6. The average molecular weight is 318 g/mol. The van der Waals surface area contributed by atoms with E-state index < -0.39 is 41.8 Å². The number of carbonyl (C=O) groups excluding carboxylic acids is 2. The van der Waals surface area contributed by atoms with Crippen molar-refractivity contribution in [2.24, 2.45) is 0 Å². The number of nitrogens with one attached hydrogen (secondary N) is 2. The van der Waals surface area contributed by atoms with Crippen LogP contribution in [0.5, 0.6) is 0 Å². The lowest BCUT2D eigenvalue weighted by Crippen LogP contribution is -2.53. The van der Waals surface area contributed by atoms with Crippen LogP contribution in [0.1, 0.15) is 47.5 Å². The van der Waals surface area contributed by atoms with E-state index in [1.807, 2.05) is 6.92 Å². The molecule has 0 spiro atoms. The van der Waals surface area contributed by atoms with Gasteiger partial charge in [-0.25, -0.2) is 4.79 Å². The van der Waals surface area contributed by atoms with Crippen LogP contribution in [0.4, 0.5) is 4.79 Å². The molecule has 0 aliphatic heterocycles. The lowest BCUT2D eigenvalue weighted by atomic mass is 10.0. The minimum absolute atomic E-state index is 0.343. The van der Waals surface area contributed by atoms with Gasteiger partial charge in [-0.05, 0) is 34.1 Å². The number of carboxylic acids is 1. The maximum Gasteiger partial charge on any atom is 0.407 e. The number of alkyl carbamates (subject to hydrolysis) is 1. The minimum atomic E-state index is -1.56. The third kappa shape index (κ3) is 7.82. The van der Waals surface area contributed by atoms with Crippen molar-refractivity contribution >= 4 is 18.0 Å². The van der Waals surface area contributed by atoms with E-state index in [4.69, 9.17) is 9.84 Å². The summed E-state index contributed by atoms with van der Waals surface area (Å²) in [6.45, 7) is 8.19. The zero-order valence-electron chi connectivity index (χ0n) is 13.7. The highest BCUT2D eigenvalue weighted by atomic mass is 16.6. The van der Waals surface area contributed by atoms with Crippen LogP contribution < -0.4 is 10.6 Å². The monoisotopic (exact) mass is 318 g/mol. The molecule has 22 heavy (non-hydrogen) atoms. The minimum Gasteiger partial charge on any atom is -0.480 e. The summed E-state index contributed by atoms with van der Waals surface area (Å²) in [6.07, 6.45) is -1.35. The Labute approximate surface area is 130 Å². The first-order valence-electron chi connectivity index (χ1n) is 7.18. The Hall–Kier alpha value is -1.83. The maximum absolute atomic E-state index is 11.8. The van der Waals surface area contributed by atoms with Gasteiger partial charge in [0.25, 0.3) is 5.91 Å². The molecule has 0 radical (unpaired) electrons. The predicted octanol–water partition coefficient (Wildman–Crippen LogP) is 0.630. The molecule has 0 fully saturated rings. The Balaban J connectivity index is 4.75. The fourth-order valence-corrected chi connectivity index (χ4v) is 1.62. The van der Waals surface area contributed by atoms with Gasteiger partial charge in [-0.15, -0.1) is 0 Å². The molecule has 2 amide bonds. The SMILES string of the molecule is CCC[C@H](NC(=O)OC(C)(C)C)C(O)C(=O)NC(C)C(=O)O. The number of ether oxygens (including phenoxy) is 1. The summed E-state index contributed by atoms with van der Waals surface area (Å²) < 4.78 is 5.08. The highest BCUT2D eigenvalue weighted by Crippen LogP contribution is 2.09. The number of aliphatic hydroxyl groups is 1. The molecule has 2 unspecified atom stereocenters. The van der Waals surface area contributed by atoms with Crippen LogP contribution in [-0.4, -0.2) is 52.0 Å². The van der Waals surface area contributed by atoms with Crippen LogP contribution >= 0.6 is 0 Å². The maximum atomic E-state index is 11.8. The van der Waals surface area contributed by atoms with Gasteiger partial charge in [-0.1, -0.05) is 13.3 Å². The molecule has 4 N–H and O–H groups in total. The number of rotatable bonds is 7. The summed E-state index contributed by atoms with van der Waals surface area (Å²) in [5.41, 5.74) is -0.702. The smallest absolute Gasteiger partial charge is 0.407 e. The molecule has 128 valence electrons. The molecule has 0 aliphatic rings. The molecule has 0 aromatic carbocycles. The standard InChI is InChI=1S/C14H26N2O6/c1-6-7-9(16-13(21)22-14(3,4)5)10(17)11(18)15-8(2)12(19)20/h8-10,17H,6-7H2,1-5H3,(H,15,18)(H,16,21)(H,19,20)/t8?,9-,10?/m0/s1. The van der Waals surface area contributed by atoms with Crippen LogP contribution in [0.25, 0.3) is 0 Å². The number of hydrogen-bond donors (Lipinski definition) is 4. The van der Waals surface area contributed by atoms with Crippen LogP contribution in [-0.2, 0) is 14.3 Å². The Morgan fingerprint density at radius 1 is 1.18 bits per heavy atom. The summed E-state index contributed by atoms with van der Waals surface area (Å²) in [6, 6.07) is -1.99. The van der Waals surface area contributed by atoms with Gasteiger partial charge >= 0.3 is 12.1 Å². The molecule has 0 aromatic rings. The fraction of sp³-hybridized carbons (Fsp3) is 0.786. The van der Waals surface area contributed by atoms with E-state index in [9.17, 15) is 19.5 Å². The number of carboxylic acid groups (broad SMARTS) is 1. The summed E-state index contributed by atoms with van der Waals surface area (Å²) in [4.78, 5) is 34.3. The molecule has 8 heteroatoms. The third-order valence-electron chi connectivity index (χ3n) is 2.68. The van der Waals surface area contributed by atoms with Gasteiger partial charge in [0.2, 0.25) is 0 Å². The number of aliphatic carboxylic acids is 1. The van der Waals surface area contributed by atoms with E-state index >= 15 is 0 Å². The topological polar surface area (TPSA) is 125 Å². The predicted molar refractivity (Wildman–Crippen MR) is 79.3 cm³/mol. The van der Waals surface area contributed by atoms with Crippen LogP contribution in [0, 0.1) is 0 Å². The second-order valence-corrected chi connectivity index (χ2v) is 6.05.